The predicted molar refractivity (Wildman–Crippen MR) is 176 cm³/mol. The van der Waals surface area contributed by atoms with Crippen LogP contribution in [0.15, 0.2) is 54.2 Å². The smallest absolute Gasteiger partial charge is 0.0104 e. The average Bonchev–Trinajstić information content (AvgIpc) is 3.63. The van der Waals surface area contributed by atoms with Gasteiger partial charge in [-0.1, -0.05) is 87.9 Å². The van der Waals surface area contributed by atoms with Crippen LogP contribution in [0.1, 0.15) is 121 Å². The van der Waals surface area contributed by atoms with E-state index in [-0.39, 0.29) is 0 Å². The average molecular weight is 543 g/mol. The van der Waals surface area contributed by atoms with Gasteiger partial charge in [-0.15, -0.1) is 0 Å². The normalized spacial score (nSPS) is 33.8. The van der Waals surface area contributed by atoms with Crippen molar-refractivity contribution < 1.29 is 0 Å². The van der Waals surface area contributed by atoms with Crippen molar-refractivity contribution in [1.29, 1.82) is 0 Å². The van der Waals surface area contributed by atoms with Gasteiger partial charge in [-0.05, 0) is 143 Å². The van der Waals surface area contributed by atoms with E-state index in [1.165, 1.54) is 107 Å². The second-order valence-electron chi connectivity index (χ2n) is 13.2. The van der Waals surface area contributed by atoms with Gasteiger partial charge in [-0.25, -0.2) is 0 Å². The molecule has 1 heterocycles. The lowest BCUT2D eigenvalue weighted by Crippen LogP contribution is -2.37. The molecular weight excluding hydrogens is 484 g/mol. The van der Waals surface area contributed by atoms with Crippen LogP contribution in [0, 0.1) is 23.2 Å². The van der Waals surface area contributed by atoms with Gasteiger partial charge in [-0.3, -0.25) is 0 Å². The van der Waals surface area contributed by atoms with Crippen molar-refractivity contribution >= 4 is 12.2 Å². The number of hydrogen-bond acceptors (Lipinski definition) is 2. The fourth-order valence-electron chi connectivity index (χ4n) is 8.91. The zero-order valence-electron chi connectivity index (χ0n) is 26.4. The van der Waals surface area contributed by atoms with Gasteiger partial charge in [0.25, 0.3) is 0 Å². The quantitative estimate of drug-likeness (QED) is 0.371. The van der Waals surface area contributed by atoms with Crippen molar-refractivity contribution in [2.75, 3.05) is 20.1 Å². The molecule has 4 unspecified atom stereocenters. The summed E-state index contributed by atoms with van der Waals surface area (Å²) in [6.07, 6.45) is 26.6. The predicted octanol–water partition coefficient (Wildman–Crippen LogP) is 9.78. The van der Waals surface area contributed by atoms with Crippen molar-refractivity contribution in [2.45, 2.75) is 110 Å². The number of likely N-dealkylation sites (tertiary alicyclic amines) is 1. The number of nitrogens with zero attached hydrogens (tertiary/aromatic N) is 1. The van der Waals surface area contributed by atoms with E-state index in [0.29, 0.717) is 17.3 Å². The van der Waals surface area contributed by atoms with Gasteiger partial charge in [0.2, 0.25) is 0 Å². The van der Waals surface area contributed by atoms with Crippen molar-refractivity contribution in [3.63, 3.8) is 0 Å². The lowest BCUT2D eigenvalue weighted by atomic mass is 9.64. The fourth-order valence-corrected chi connectivity index (χ4v) is 8.91. The highest BCUT2D eigenvalue weighted by molar-refractivity contribution is 5.65. The Morgan fingerprint density at radius 1 is 1.07 bits per heavy atom. The Bertz CT molecular complexity index is 1070. The van der Waals surface area contributed by atoms with E-state index in [4.69, 9.17) is 0 Å². The van der Waals surface area contributed by atoms with E-state index in [1.807, 2.05) is 6.08 Å². The summed E-state index contributed by atoms with van der Waals surface area (Å²) in [4.78, 5) is 2.83. The molecule has 3 aliphatic carbocycles. The van der Waals surface area contributed by atoms with Gasteiger partial charge in [0.1, 0.15) is 0 Å². The van der Waals surface area contributed by atoms with Crippen LogP contribution in [0.3, 0.4) is 0 Å². The SMILES string of the molecule is C=Cc1cc(C2CCC([C@@]3(C)CCC4C[C@H](N5CCCC5)CCC4=C/C3=C/CCC)C2C)ccc1/C=C\C.CN. The summed E-state index contributed by atoms with van der Waals surface area (Å²) in [6, 6.07) is 8.00. The van der Waals surface area contributed by atoms with E-state index in [9.17, 15) is 0 Å². The zero-order valence-corrected chi connectivity index (χ0v) is 26.4. The maximum absolute atomic E-state index is 4.50. The summed E-state index contributed by atoms with van der Waals surface area (Å²) >= 11 is 0. The van der Waals surface area contributed by atoms with E-state index in [2.05, 4.69) is 87.4 Å². The van der Waals surface area contributed by atoms with E-state index >= 15 is 0 Å². The molecule has 2 saturated carbocycles. The molecule has 1 aromatic carbocycles. The maximum Gasteiger partial charge on any atom is 0.0104 e. The molecule has 0 radical (unpaired) electrons. The van der Waals surface area contributed by atoms with Crippen LogP contribution in [-0.2, 0) is 0 Å². The molecule has 3 fully saturated rings. The maximum atomic E-state index is 4.50. The number of allylic oxidation sites excluding steroid dienone is 5. The van der Waals surface area contributed by atoms with Crippen molar-refractivity contribution in [2.24, 2.45) is 28.9 Å². The Kier molecular flexibility index (Phi) is 11.1. The summed E-state index contributed by atoms with van der Waals surface area (Å²) in [5, 5.41) is 0. The highest BCUT2D eigenvalue weighted by Crippen LogP contribution is 2.58. The minimum absolute atomic E-state index is 0.295. The fraction of sp³-hybridized carbons (Fsp3) is 0.632. The molecule has 1 aromatic rings. The monoisotopic (exact) mass is 542 g/mol. The summed E-state index contributed by atoms with van der Waals surface area (Å²) < 4.78 is 0. The first-order valence-corrected chi connectivity index (χ1v) is 16.6. The summed E-state index contributed by atoms with van der Waals surface area (Å²) in [6.45, 7) is 16.5. The lowest BCUT2D eigenvalue weighted by Gasteiger charge is -2.40. The van der Waals surface area contributed by atoms with Crippen LogP contribution in [0.25, 0.3) is 12.2 Å². The molecule has 1 aliphatic heterocycles. The van der Waals surface area contributed by atoms with Gasteiger partial charge >= 0.3 is 0 Å². The van der Waals surface area contributed by atoms with E-state index in [1.54, 1.807) is 11.1 Å². The highest BCUT2D eigenvalue weighted by atomic mass is 15.2. The minimum atomic E-state index is 0.295. The molecule has 5 rings (SSSR count). The van der Waals surface area contributed by atoms with Crippen LogP contribution in [0.2, 0.25) is 0 Å². The Morgan fingerprint density at radius 2 is 1.85 bits per heavy atom. The van der Waals surface area contributed by atoms with E-state index < -0.39 is 0 Å². The summed E-state index contributed by atoms with van der Waals surface area (Å²) in [5.74, 6) is 2.92. The molecule has 0 amide bonds. The van der Waals surface area contributed by atoms with Crippen LogP contribution < -0.4 is 5.73 Å². The topological polar surface area (TPSA) is 29.3 Å². The molecule has 2 heteroatoms. The minimum Gasteiger partial charge on any atom is -0.333 e. The third kappa shape index (κ3) is 6.44. The number of hydrogen-bond donors (Lipinski definition) is 1. The third-order valence-corrected chi connectivity index (χ3v) is 11.2. The van der Waals surface area contributed by atoms with Crippen molar-refractivity contribution in [1.82, 2.24) is 4.90 Å². The molecule has 4 aliphatic rings. The van der Waals surface area contributed by atoms with E-state index in [0.717, 1.165) is 17.9 Å². The molecule has 0 aromatic heterocycles. The molecule has 220 valence electrons. The first-order chi connectivity index (χ1) is 19.5. The Morgan fingerprint density at radius 3 is 2.55 bits per heavy atom. The summed E-state index contributed by atoms with van der Waals surface area (Å²) in [7, 11) is 1.50. The number of nitrogens with two attached hydrogens (primary N) is 1. The van der Waals surface area contributed by atoms with Gasteiger partial charge < -0.3 is 10.6 Å². The number of fused-ring (bicyclic) bond motifs is 1. The van der Waals surface area contributed by atoms with Crippen LogP contribution in [-0.4, -0.2) is 31.1 Å². The Hall–Kier alpha value is -1.90. The highest BCUT2D eigenvalue weighted by Gasteiger charge is 2.47. The van der Waals surface area contributed by atoms with Gasteiger partial charge in [-0.2, -0.15) is 0 Å². The largest absolute Gasteiger partial charge is 0.333 e. The second-order valence-corrected chi connectivity index (χ2v) is 13.2. The number of unbranched alkanes of at least 4 members (excludes halogenated alkanes) is 1. The van der Waals surface area contributed by atoms with Crippen LogP contribution >= 0.6 is 0 Å². The Balaban J connectivity index is 0.00000181. The van der Waals surface area contributed by atoms with Crippen molar-refractivity contribution in [3.8, 4) is 0 Å². The molecule has 2 N–H and O–H groups in total. The first kappa shape index (κ1) is 31.0. The number of benzene rings is 1. The molecule has 0 bridgehead atoms. The Labute approximate surface area is 246 Å². The van der Waals surface area contributed by atoms with Gasteiger partial charge in [0.15, 0.2) is 0 Å². The standard InChI is InChI=1S/C37H53N.CH5N/c1-6-9-13-33-25-30-16-17-34(38-22-10-11-23-38)26-31(30)20-21-37(33,5)36-19-18-35(27(36)4)32-15-14-29(12-7-2)28(8-3)24-32;1-2/h7-8,12-15,24-25,27,31,34-36H,3,6,9-11,16-23,26H2,1-2,4-5H3;2H2,1H3/b12-7-,33-13-;/t27?,31?,34-,35?,36?,37+;/m1./s1. The molecule has 1 saturated heterocycles. The third-order valence-electron chi connectivity index (χ3n) is 11.2. The second kappa shape index (κ2) is 14.3. The van der Waals surface area contributed by atoms with Crippen molar-refractivity contribution in [3.05, 3.63) is 70.8 Å². The van der Waals surface area contributed by atoms with Gasteiger partial charge in [0.05, 0.1) is 0 Å². The molecular formula is C38H58N2. The number of rotatable bonds is 7. The van der Waals surface area contributed by atoms with Gasteiger partial charge in [0, 0.05) is 6.04 Å². The summed E-state index contributed by atoms with van der Waals surface area (Å²) in [5.41, 5.74) is 12.4. The molecule has 6 atom stereocenters. The van der Waals surface area contributed by atoms with Crippen LogP contribution in [0.4, 0.5) is 0 Å². The first-order valence-electron chi connectivity index (χ1n) is 16.6. The molecule has 0 spiro atoms. The molecule has 2 nitrogen and oxygen atoms in total. The molecule has 40 heavy (non-hydrogen) atoms. The lowest BCUT2D eigenvalue weighted by molar-refractivity contribution is 0.151. The zero-order chi connectivity index (χ0) is 28.7. The van der Waals surface area contributed by atoms with Crippen LogP contribution in [0.5, 0.6) is 0 Å².